The fourth-order valence-electron chi connectivity index (χ4n) is 8.02. The number of rotatable bonds is 5. The van der Waals surface area contributed by atoms with Crippen LogP contribution in [0.1, 0.15) is 22.8 Å². The highest BCUT2D eigenvalue weighted by Gasteiger charge is 2.69. The lowest BCUT2D eigenvalue weighted by Crippen LogP contribution is -2.43. The molecule has 2 aliphatic heterocycles. The molecule has 2 saturated carbocycles. The molecule has 12 heteroatoms. The van der Waals surface area contributed by atoms with E-state index in [1.54, 1.807) is 12.1 Å². The summed E-state index contributed by atoms with van der Waals surface area (Å²) < 4.78 is 28.5. The number of thioether (sulfide) groups is 1. The van der Waals surface area contributed by atoms with Crippen LogP contribution in [-0.4, -0.2) is 27.5 Å². The van der Waals surface area contributed by atoms with Crippen LogP contribution in [0.3, 0.4) is 0 Å². The van der Waals surface area contributed by atoms with Crippen molar-refractivity contribution in [1.82, 2.24) is 4.57 Å². The summed E-state index contributed by atoms with van der Waals surface area (Å²) in [6.07, 6.45) is 0.709. The second kappa shape index (κ2) is 10.6. The number of imide groups is 1. The summed E-state index contributed by atoms with van der Waals surface area (Å²) in [5, 5.41) is 3.92. The molecule has 3 fully saturated rings. The highest BCUT2D eigenvalue weighted by atomic mass is 35.5. The van der Waals surface area contributed by atoms with Gasteiger partial charge in [-0.1, -0.05) is 35.1 Å². The Labute approximate surface area is 269 Å². The first-order valence-corrected chi connectivity index (χ1v) is 16.6. The van der Waals surface area contributed by atoms with E-state index < -0.39 is 29.4 Å². The van der Waals surface area contributed by atoms with Gasteiger partial charge < -0.3 is 5.32 Å². The van der Waals surface area contributed by atoms with Gasteiger partial charge in [-0.05, 0) is 90.4 Å². The molecule has 3 heterocycles. The van der Waals surface area contributed by atoms with Gasteiger partial charge >= 0.3 is 4.87 Å². The van der Waals surface area contributed by atoms with E-state index in [9.17, 15) is 28.0 Å². The van der Waals surface area contributed by atoms with Gasteiger partial charge in [-0.25, -0.2) is 8.78 Å². The molecule has 4 aliphatic rings. The topological polar surface area (TPSA) is 88.5 Å². The Hall–Kier alpha value is -3.80. The van der Waals surface area contributed by atoms with E-state index in [1.165, 1.54) is 69.8 Å². The molecule has 4 aromatic rings. The maximum Gasteiger partial charge on any atom is 0.308 e. The molecule has 7 unspecified atom stereocenters. The Kier molecular flexibility index (Phi) is 6.78. The van der Waals surface area contributed by atoms with E-state index in [0.717, 1.165) is 21.8 Å². The van der Waals surface area contributed by atoms with E-state index in [2.05, 4.69) is 5.32 Å². The van der Waals surface area contributed by atoms with Crippen molar-refractivity contribution in [2.24, 2.45) is 29.6 Å². The predicted octanol–water partition coefficient (Wildman–Crippen LogP) is 6.16. The Morgan fingerprint density at radius 1 is 0.867 bits per heavy atom. The number of halogens is 3. The van der Waals surface area contributed by atoms with E-state index >= 15 is 0 Å². The van der Waals surface area contributed by atoms with Crippen LogP contribution in [-0.2, 0) is 20.9 Å². The molecule has 8 rings (SSSR count). The average molecular weight is 664 g/mol. The number of anilines is 2. The number of benzene rings is 3. The predicted molar refractivity (Wildman–Crippen MR) is 168 cm³/mol. The zero-order valence-electron chi connectivity index (χ0n) is 23.4. The number of carbonyl (C=O) groups is 3. The Bertz CT molecular complexity index is 1930. The number of fused-ring (bicyclic) bond motifs is 9. The SMILES string of the molecule is O=C(Cn1c2c(sc1=O)C(c1ccc(Cl)cc1)C1C3CC(C1S2)C1C(=O)N(c2ccc(F)cc2)C(=O)C31)Nc1ccc(F)cc1. The number of nitrogens with one attached hydrogen (secondary N) is 1. The second-order valence-electron chi connectivity index (χ2n) is 12.0. The van der Waals surface area contributed by atoms with Crippen molar-refractivity contribution >= 4 is 63.8 Å². The number of carbonyl (C=O) groups excluding carboxylic acids is 3. The molecule has 3 aromatic carbocycles. The third-order valence-corrected chi connectivity index (χ3v) is 12.7. The molecule has 2 bridgehead atoms. The normalized spacial score (nSPS) is 27.8. The standard InChI is InChI=1S/C33H24ClF2N3O4S2/c34-16-3-1-15(2-4-16)24-25-21-13-22(27-26(21)30(41)39(31(27)42)20-11-7-18(36)8-12-20)28(25)44-32-29(24)45-33(43)38(32)14-23(40)37-19-9-5-17(35)6-10-19/h1-12,21-22,24-28H,13-14H2,(H,37,40). The van der Waals surface area contributed by atoms with Gasteiger partial charge in [-0.3, -0.25) is 28.6 Å². The van der Waals surface area contributed by atoms with Gasteiger partial charge in [0.15, 0.2) is 0 Å². The van der Waals surface area contributed by atoms with Crippen LogP contribution in [0.25, 0.3) is 0 Å². The highest BCUT2D eigenvalue weighted by molar-refractivity contribution is 8.00. The van der Waals surface area contributed by atoms with Crippen molar-refractivity contribution < 1.29 is 23.2 Å². The Balaban J connectivity index is 1.17. The molecule has 1 saturated heterocycles. The van der Waals surface area contributed by atoms with Crippen LogP contribution in [0.2, 0.25) is 5.02 Å². The summed E-state index contributed by atoms with van der Waals surface area (Å²) in [6, 6.07) is 18.3. The minimum absolute atomic E-state index is 0.0283. The fraction of sp³-hybridized carbons (Fsp3) is 0.273. The van der Waals surface area contributed by atoms with E-state index in [4.69, 9.17) is 11.6 Å². The molecule has 228 valence electrons. The average Bonchev–Trinajstić information content (AvgIpc) is 3.74. The summed E-state index contributed by atoms with van der Waals surface area (Å²) in [4.78, 5) is 56.1. The van der Waals surface area contributed by atoms with Crippen LogP contribution in [0.5, 0.6) is 0 Å². The smallest absolute Gasteiger partial charge is 0.308 e. The van der Waals surface area contributed by atoms with Crippen molar-refractivity contribution in [3.05, 3.63) is 110 Å². The third-order valence-electron chi connectivity index (χ3n) is 9.69. The van der Waals surface area contributed by atoms with Gasteiger partial charge in [0.2, 0.25) is 17.7 Å². The molecule has 7 nitrogen and oxygen atoms in total. The largest absolute Gasteiger partial charge is 0.325 e. The van der Waals surface area contributed by atoms with E-state index in [-0.39, 0.29) is 52.2 Å². The molecule has 0 radical (unpaired) electrons. The van der Waals surface area contributed by atoms with Crippen LogP contribution >= 0.6 is 34.7 Å². The molecule has 2 aliphatic carbocycles. The molecular formula is C33H24ClF2N3O4S2. The van der Waals surface area contributed by atoms with Gasteiger partial charge in [0.25, 0.3) is 0 Å². The van der Waals surface area contributed by atoms with Gasteiger partial charge in [-0.15, -0.1) is 11.8 Å². The van der Waals surface area contributed by atoms with Gasteiger partial charge in [0, 0.05) is 26.8 Å². The minimum atomic E-state index is -0.505. The van der Waals surface area contributed by atoms with Gasteiger partial charge in [0.05, 0.1) is 22.5 Å². The lowest BCUT2D eigenvalue weighted by Gasteiger charge is -2.43. The van der Waals surface area contributed by atoms with E-state index in [1.807, 2.05) is 12.1 Å². The maximum atomic E-state index is 13.9. The van der Waals surface area contributed by atoms with Crippen molar-refractivity contribution in [2.75, 3.05) is 10.2 Å². The lowest BCUT2D eigenvalue weighted by atomic mass is 9.68. The van der Waals surface area contributed by atoms with Crippen molar-refractivity contribution in [3.63, 3.8) is 0 Å². The number of nitrogens with zero attached hydrogens (tertiary/aromatic N) is 2. The molecule has 1 N–H and O–H groups in total. The molecule has 45 heavy (non-hydrogen) atoms. The van der Waals surface area contributed by atoms with Gasteiger partial charge in [0.1, 0.15) is 18.2 Å². The van der Waals surface area contributed by atoms with Crippen molar-refractivity contribution in [1.29, 1.82) is 0 Å². The molecular weight excluding hydrogens is 640 g/mol. The summed E-state index contributed by atoms with van der Waals surface area (Å²) in [5.41, 5.74) is 1.74. The molecule has 0 spiro atoms. The quantitative estimate of drug-likeness (QED) is 0.259. The van der Waals surface area contributed by atoms with Crippen LogP contribution in [0.15, 0.2) is 82.6 Å². The Morgan fingerprint density at radius 3 is 2.16 bits per heavy atom. The first-order chi connectivity index (χ1) is 21.7. The lowest BCUT2D eigenvalue weighted by molar-refractivity contribution is -0.123. The number of amides is 3. The summed E-state index contributed by atoms with van der Waals surface area (Å²) in [7, 11) is 0. The van der Waals surface area contributed by atoms with Crippen LogP contribution in [0, 0.1) is 41.2 Å². The summed E-state index contributed by atoms with van der Waals surface area (Å²) in [6.45, 7) is -0.227. The monoisotopic (exact) mass is 663 g/mol. The summed E-state index contributed by atoms with van der Waals surface area (Å²) in [5.74, 6) is -3.29. The first-order valence-electron chi connectivity index (χ1n) is 14.5. The molecule has 7 atom stereocenters. The highest BCUT2D eigenvalue weighted by Crippen LogP contribution is 2.69. The Morgan fingerprint density at radius 2 is 1.49 bits per heavy atom. The molecule has 1 aromatic heterocycles. The maximum absolute atomic E-state index is 13.9. The minimum Gasteiger partial charge on any atom is -0.325 e. The number of hydrogen-bond acceptors (Lipinski definition) is 6. The number of aromatic nitrogens is 1. The van der Waals surface area contributed by atoms with Crippen LogP contribution < -0.4 is 15.1 Å². The number of thiazole rings is 1. The fourth-order valence-corrected chi connectivity index (χ4v) is 11.3. The van der Waals surface area contributed by atoms with Crippen molar-refractivity contribution in [3.8, 4) is 0 Å². The zero-order valence-corrected chi connectivity index (χ0v) is 25.8. The van der Waals surface area contributed by atoms with E-state index in [0.29, 0.717) is 27.8 Å². The second-order valence-corrected chi connectivity index (χ2v) is 14.6. The number of hydrogen-bond donors (Lipinski definition) is 1. The van der Waals surface area contributed by atoms with Crippen LogP contribution in [0.4, 0.5) is 20.2 Å². The van der Waals surface area contributed by atoms with Crippen molar-refractivity contribution in [2.45, 2.75) is 29.2 Å². The zero-order chi connectivity index (χ0) is 31.1. The van der Waals surface area contributed by atoms with Gasteiger partial charge in [-0.2, -0.15) is 0 Å². The summed E-state index contributed by atoms with van der Waals surface area (Å²) >= 11 is 8.88. The first kappa shape index (κ1) is 28.7. The molecule has 3 amide bonds. The third kappa shape index (κ3) is 4.50.